The molecule has 0 saturated heterocycles. The lowest BCUT2D eigenvalue weighted by atomic mass is 10.2. The van der Waals surface area contributed by atoms with E-state index in [0.29, 0.717) is 5.75 Å². The van der Waals surface area contributed by atoms with Gasteiger partial charge in [-0.3, -0.25) is 0 Å². The van der Waals surface area contributed by atoms with Crippen molar-refractivity contribution in [2.75, 3.05) is 13.2 Å². The Labute approximate surface area is 117 Å². The zero-order valence-electron chi connectivity index (χ0n) is 11.7. The summed E-state index contributed by atoms with van der Waals surface area (Å²) in [6, 6.07) is 5.69. The van der Waals surface area contributed by atoms with Crippen molar-refractivity contribution in [3.63, 3.8) is 0 Å². The number of nitrogens with zero attached hydrogens (tertiary/aromatic N) is 1. The molecular weight excluding hydrogens is 263 g/mol. The summed E-state index contributed by atoms with van der Waals surface area (Å²) in [7, 11) is 0. The van der Waals surface area contributed by atoms with Crippen molar-refractivity contribution < 1.29 is 18.7 Å². The minimum atomic E-state index is -0.634. The average Bonchev–Trinajstić information content (AvgIpc) is 2.33. The van der Waals surface area contributed by atoms with E-state index in [9.17, 15) is 9.18 Å². The van der Waals surface area contributed by atoms with Gasteiger partial charge >= 0.3 is 6.09 Å². The topological polar surface area (TPSA) is 71.3 Å². The summed E-state index contributed by atoms with van der Waals surface area (Å²) < 4.78 is 23.6. The Hall–Kier alpha value is -2.29. The Kier molecular flexibility index (Phi) is 5.32. The summed E-state index contributed by atoms with van der Waals surface area (Å²) in [5.74, 6) is -0.336. The lowest BCUT2D eigenvalue weighted by molar-refractivity contribution is 0.0520. The van der Waals surface area contributed by atoms with Crippen molar-refractivity contribution in [2.45, 2.75) is 26.4 Å². The molecule has 0 radical (unpaired) electrons. The normalized spacial score (nSPS) is 10.6. The van der Waals surface area contributed by atoms with Gasteiger partial charge in [0.15, 0.2) is 0 Å². The third kappa shape index (κ3) is 5.57. The molecule has 1 aromatic rings. The number of benzene rings is 1. The Morgan fingerprint density at radius 3 is 2.70 bits per heavy atom. The minimum Gasteiger partial charge on any atom is -0.492 e. The molecule has 0 fully saturated rings. The van der Waals surface area contributed by atoms with Gasteiger partial charge in [-0.15, -0.1) is 0 Å². The van der Waals surface area contributed by atoms with Crippen LogP contribution in [0.2, 0.25) is 0 Å². The molecule has 0 aromatic heterocycles. The maximum Gasteiger partial charge on any atom is 0.407 e. The highest BCUT2D eigenvalue weighted by Gasteiger charge is 2.15. The maximum atomic E-state index is 13.3. The Balaban J connectivity index is 2.33. The van der Waals surface area contributed by atoms with Gasteiger partial charge in [0.05, 0.1) is 12.1 Å². The number of rotatable bonds is 4. The van der Waals surface area contributed by atoms with E-state index in [0.717, 1.165) is 6.07 Å². The monoisotopic (exact) mass is 280 g/mol. The van der Waals surface area contributed by atoms with E-state index in [1.807, 2.05) is 0 Å². The summed E-state index contributed by atoms with van der Waals surface area (Å²) in [6.07, 6.45) is -0.535. The van der Waals surface area contributed by atoms with Gasteiger partial charge in [0.1, 0.15) is 29.8 Å². The molecule has 0 spiro atoms. The van der Waals surface area contributed by atoms with Crippen molar-refractivity contribution in [2.24, 2.45) is 0 Å². The summed E-state index contributed by atoms with van der Waals surface area (Å²) in [5, 5.41) is 11.1. The molecular formula is C14H17FN2O3. The number of nitrogens with one attached hydrogen (secondary N) is 1. The van der Waals surface area contributed by atoms with E-state index in [1.165, 1.54) is 12.1 Å². The first-order valence-corrected chi connectivity index (χ1v) is 6.11. The zero-order chi connectivity index (χ0) is 15.2. The molecule has 1 rings (SSSR count). The first kappa shape index (κ1) is 15.8. The number of amides is 1. The van der Waals surface area contributed by atoms with E-state index in [2.05, 4.69) is 5.32 Å². The number of hydrogen-bond donors (Lipinski definition) is 1. The highest BCUT2D eigenvalue weighted by atomic mass is 19.1. The second kappa shape index (κ2) is 6.75. The van der Waals surface area contributed by atoms with Crippen LogP contribution < -0.4 is 10.1 Å². The maximum absolute atomic E-state index is 13.3. The molecule has 0 aliphatic heterocycles. The molecule has 20 heavy (non-hydrogen) atoms. The largest absolute Gasteiger partial charge is 0.492 e. The molecule has 1 aromatic carbocycles. The van der Waals surface area contributed by atoms with Crippen LogP contribution in [0, 0.1) is 17.1 Å². The fourth-order valence-corrected chi connectivity index (χ4v) is 1.31. The molecule has 0 aliphatic carbocycles. The molecule has 0 saturated carbocycles. The highest BCUT2D eigenvalue weighted by Crippen LogP contribution is 2.15. The summed E-state index contributed by atoms with van der Waals surface area (Å²) in [5.41, 5.74) is -0.592. The molecule has 108 valence electrons. The SMILES string of the molecule is CC(C)(C)OC(=O)NCCOc1ccc(C#N)c(F)c1. The van der Waals surface area contributed by atoms with Crippen LogP contribution >= 0.6 is 0 Å². The Bertz CT molecular complexity index is 518. The van der Waals surface area contributed by atoms with Crippen LogP contribution in [-0.2, 0) is 4.74 Å². The van der Waals surface area contributed by atoms with Crippen LogP contribution in [0.4, 0.5) is 9.18 Å². The average molecular weight is 280 g/mol. The standard InChI is InChI=1S/C14H17FN2O3/c1-14(2,3)20-13(18)17-6-7-19-11-5-4-10(9-16)12(15)8-11/h4-5,8H,6-7H2,1-3H3,(H,17,18). The molecule has 5 nitrogen and oxygen atoms in total. The number of alkyl carbamates (subject to hydrolysis) is 1. The summed E-state index contributed by atoms with van der Waals surface area (Å²) in [4.78, 5) is 11.3. The molecule has 1 amide bonds. The Morgan fingerprint density at radius 1 is 1.45 bits per heavy atom. The van der Waals surface area contributed by atoms with Crippen molar-refractivity contribution >= 4 is 6.09 Å². The highest BCUT2D eigenvalue weighted by molar-refractivity contribution is 5.67. The van der Waals surface area contributed by atoms with Crippen molar-refractivity contribution in [1.29, 1.82) is 5.26 Å². The first-order valence-electron chi connectivity index (χ1n) is 6.11. The summed E-state index contributed by atoms with van der Waals surface area (Å²) >= 11 is 0. The number of nitriles is 1. The molecule has 0 bridgehead atoms. The second-order valence-corrected chi connectivity index (χ2v) is 5.03. The lowest BCUT2D eigenvalue weighted by Crippen LogP contribution is -2.34. The number of hydrogen-bond acceptors (Lipinski definition) is 4. The van der Waals surface area contributed by atoms with Crippen LogP contribution in [0.3, 0.4) is 0 Å². The van der Waals surface area contributed by atoms with Crippen molar-refractivity contribution in [3.8, 4) is 11.8 Å². The van der Waals surface area contributed by atoms with Gasteiger partial charge in [-0.25, -0.2) is 9.18 Å². The van der Waals surface area contributed by atoms with E-state index >= 15 is 0 Å². The smallest absolute Gasteiger partial charge is 0.407 e. The Morgan fingerprint density at radius 2 is 2.15 bits per heavy atom. The van der Waals surface area contributed by atoms with E-state index < -0.39 is 17.5 Å². The minimum absolute atomic E-state index is 0.0378. The first-order chi connectivity index (χ1) is 9.31. The van der Waals surface area contributed by atoms with Gasteiger partial charge in [-0.05, 0) is 32.9 Å². The second-order valence-electron chi connectivity index (χ2n) is 5.03. The predicted octanol–water partition coefficient (Wildman–Crippen LogP) is 2.60. The van der Waals surface area contributed by atoms with Gasteiger partial charge < -0.3 is 14.8 Å². The molecule has 0 unspecified atom stereocenters. The van der Waals surface area contributed by atoms with E-state index in [4.69, 9.17) is 14.7 Å². The van der Waals surface area contributed by atoms with Gasteiger partial charge in [0.2, 0.25) is 0 Å². The van der Waals surface area contributed by atoms with E-state index in [1.54, 1.807) is 26.8 Å². The molecule has 6 heteroatoms. The van der Waals surface area contributed by atoms with Crippen LogP contribution in [0.15, 0.2) is 18.2 Å². The third-order valence-corrected chi connectivity index (χ3v) is 2.10. The summed E-state index contributed by atoms with van der Waals surface area (Å²) in [6.45, 7) is 5.70. The fourth-order valence-electron chi connectivity index (χ4n) is 1.31. The number of halogens is 1. The number of carbonyl (C=O) groups excluding carboxylic acids is 1. The van der Waals surface area contributed by atoms with Gasteiger partial charge in [-0.2, -0.15) is 5.26 Å². The van der Waals surface area contributed by atoms with Crippen LogP contribution in [0.25, 0.3) is 0 Å². The van der Waals surface area contributed by atoms with Crippen LogP contribution in [-0.4, -0.2) is 24.8 Å². The van der Waals surface area contributed by atoms with Gasteiger partial charge in [-0.1, -0.05) is 0 Å². The van der Waals surface area contributed by atoms with Crippen molar-refractivity contribution in [3.05, 3.63) is 29.6 Å². The number of ether oxygens (including phenoxy) is 2. The van der Waals surface area contributed by atoms with Gasteiger partial charge in [0, 0.05) is 6.07 Å². The van der Waals surface area contributed by atoms with Crippen molar-refractivity contribution in [1.82, 2.24) is 5.32 Å². The molecule has 0 heterocycles. The molecule has 0 atom stereocenters. The third-order valence-electron chi connectivity index (χ3n) is 2.10. The molecule has 1 N–H and O–H groups in total. The fraction of sp³-hybridized carbons (Fsp3) is 0.429. The lowest BCUT2D eigenvalue weighted by Gasteiger charge is -2.19. The van der Waals surface area contributed by atoms with Crippen LogP contribution in [0.1, 0.15) is 26.3 Å². The quantitative estimate of drug-likeness (QED) is 0.860. The molecule has 0 aliphatic rings. The van der Waals surface area contributed by atoms with Crippen LogP contribution in [0.5, 0.6) is 5.75 Å². The predicted molar refractivity (Wildman–Crippen MR) is 70.8 cm³/mol. The zero-order valence-corrected chi connectivity index (χ0v) is 11.7. The van der Waals surface area contributed by atoms with Gasteiger partial charge in [0.25, 0.3) is 0 Å². The van der Waals surface area contributed by atoms with E-state index in [-0.39, 0.29) is 18.7 Å². The number of carbonyl (C=O) groups is 1.